The summed E-state index contributed by atoms with van der Waals surface area (Å²) in [6, 6.07) is 5.52. The molecule has 100 valence electrons. The van der Waals surface area contributed by atoms with Crippen molar-refractivity contribution in [1.82, 2.24) is 4.98 Å². The third-order valence-corrected chi connectivity index (χ3v) is 4.04. The average molecular weight is 277 g/mol. The smallest absolute Gasteiger partial charge is 0.171 e. The Hall–Kier alpha value is -1.88. The minimum absolute atomic E-state index is 0.0307. The van der Waals surface area contributed by atoms with E-state index in [1.807, 2.05) is 25.1 Å². The Balaban J connectivity index is 2.57. The van der Waals surface area contributed by atoms with E-state index in [9.17, 15) is 4.79 Å². The van der Waals surface area contributed by atoms with E-state index in [1.54, 1.807) is 21.1 Å². The fourth-order valence-electron chi connectivity index (χ4n) is 1.82. The lowest BCUT2D eigenvalue weighted by Crippen LogP contribution is -1.90. The van der Waals surface area contributed by atoms with Gasteiger partial charge in [0.15, 0.2) is 5.78 Å². The van der Waals surface area contributed by atoms with Crippen molar-refractivity contribution >= 4 is 17.1 Å². The molecule has 1 aromatic heterocycles. The van der Waals surface area contributed by atoms with Gasteiger partial charge in [-0.05, 0) is 25.1 Å². The number of aromatic nitrogens is 1. The highest BCUT2D eigenvalue weighted by Gasteiger charge is 2.16. The number of nitrogens with zero attached hydrogens (tertiary/aromatic N) is 1. The first-order valence-electron chi connectivity index (χ1n) is 5.77. The molecule has 0 aliphatic rings. The van der Waals surface area contributed by atoms with Gasteiger partial charge in [-0.25, -0.2) is 4.98 Å². The molecule has 0 unspecified atom stereocenters. The second kappa shape index (κ2) is 5.40. The van der Waals surface area contributed by atoms with E-state index in [2.05, 4.69) is 4.98 Å². The number of Topliss-reactive ketones (excluding diaryl/α,β-unsaturated/α-hetero) is 1. The molecule has 0 aliphatic heterocycles. The zero-order valence-corrected chi connectivity index (χ0v) is 12.1. The number of ketones is 1. The first-order valence-corrected chi connectivity index (χ1v) is 6.59. The molecule has 0 aliphatic carbocycles. The largest absolute Gasteiger partial charge is 0.497 e. The minimum Gasteiger partial charge on any atom is -0.497 e. The summed E-state index contributed by atoms with van der Waals surface area (Å²) in [5.74, 6) is 1.47. The number of carbonyl (C=O) groups excluding carboxylic acids is 1. The van der Waals surface area contributed by atoms with Gasteiger partial charge < -0.3 is 9.47 Å². The Bertz CT molecular complexity index is 619. The molecule has 0 saturated carbocycles. The number of aryl methyl sites for hydroxylation is 1. The van der Waals surface area contributed by atoms with Gasteiger partial charge in [0.25, 0.3) is 0 Å². The van der Waals surface area contributed by atoms with Crippen LogP contribution in [0.25, 0.3) is 10.6 Å². The van der Waals surface area contributed by atoms with Crippen LogP contribution in [0.3, 0.4) is 0 Å². The standard InChI is InChI=1S/C14H15NO3S/c1-8-13(9(2)16)19-14(15-8)11-7-10(17-3)5-6-12(11)18-4/h5-7H,1-4H3. The van der Waals surface area contributed by atoms with Crippen LogP contribution in [0.1, 0.15) is 22.3 Å². The second-order valence-corrected chi connectivity index (χ2v) is 5.06. The fourth-order valence-corrected chi connectivity index (χ4v) is 2.80. The number of hydrogen-bond acceptors (Lipinski definition) is 5. The summed E-state index contributed by atoms with van der Waals surface area (Å²) >= 11 is 1.37. The van der Waals surface area contributed by atoms with Crippen molar-refractivity contribution in [3.05, 3.63) is 28.8 Å². The molecule has 0 N–H and O–H groups in total. The maximum atomic E-state index is 11.5. The second-order valence-electron chi connectivity index (χ2n) is 4.06. The van der Waals surface area contributed by atoms with Crippen molar-refractivity contribution in [2.24, 2.45) is 0 Å². The lowest BCUT2D eigenvalue weighted by molar-refractivity contribution is 0.102. The Morgan fingerprint density at radius 2 is 2.00 bits per heavy atom. The lowest BCUT2D eigenvalue weighted by Gasteiger charge is -2.08. The normalized spacial score (nSPS) is 10.3. The van der Waals surface area contributed by atoms with Gasteiger partial charge in [0.1, 0.15) is 16.5 Å². The zero-order chi connectivity index (χ0) is 14.0. The average Bonchev–Trinajstić information content (AvgIpc) is 2.80. The van der Waals surface area contributed by atoms with Crippen LogP contribution < -0.4 is 9.47 Å². The van der Waals surface area contributed by atoms with Gasteiger partial charge >= 0.3 is 0 Å². The van der Waals surface area contributed by atoms with Crippen LogP contribution in [0.15, 0.2) is 18.2 Å². The van der Waals surface area contributed by atoms with E-state index in [-0.39, 0.29) is 5.78 Å². The predicted molar refractivity (Wildman–Crippen MR) is 75.4 cm³/mol. The van der Waals surface area contributed by atoms with Gasteiger partial charge in [0.2, 0.25) is 0 Å². The first-order chi connectivity index (χ1) is 9.06. The number of benzene rings is 1. The third-order valence-electron chi connectivity index (χ3n) is 2.75. The van der Waals surface area contributed by atoms with Crippen molar-refractivity contribution in [1.29, 1.82) is 0 Å². The van der Waals surface area contributed by atoms with Crippen LogP contribution in [-0.2, 0) is 0 Å². The Labute approximate surface area is 116 Å². The summed E-state index contributed by atoms with van der Waals surface area (Å²) in [4.78, 5) is 16.6. The SMILES string of the molecule is COc1ccc(OC)c(-c2nc(C)c(C(C)=O)s2)c1. The molecule has 0 saturated heterocycles. The molecule has 5 heteroatoms. The van der Waals surface area contributed by atoms with E-state index in [0.29, 0.717) is 10.6 Å². The monoisotopic (exact) mass is 277 g/mol. The van der Waals surface area contributed by atoms with Crippen molar-refractivity contribution in [3.8, 4) is 22.1 Å². The van der Waals surface area contributed by atoms with E-state index in [0.717, 1.165) is 22.0 Å². The van der Waals surface area contributed by atoms with Crippen LogP contribution >= 0.6 is 11.3 Å². The quantitative estimate of drug-likeness (QED) is 0.804. The highest BCUT2D eigenvalue weighted by Crippen LogP contribution is 2.36. The summed E-state index contributed by atoms with van der Waals surface area (Å²) in [5, 5.41) is 0.762. The maximum absolute atomic E-state index is 11.5. The number of ether oxygens (including phenoxy) is 2. The molecule has 0 radical (unpaired) electrons. The van der Waals surface area contributed by atoms with E-state index < -0.39 is 0 Å². The molecule has 1 aromatic carbocycles. The molecule has 19 heavy (non-hydrogen) atoms. The maximum Gasteiger partial charge on any atom is 0.171 e. The van der Waals surface area contributed by atoms with Gasteiger partial charge in [-0.2, -0.15) is 0 Å². The summed E-state index contributed by atoms with van der Waals surface area (Å²) in [6.07, 6.45) is 0. The molecule has 0 spiro atoms. The van der Waals surface area contributed by atoms with Gasteiger partial charge in [-0.3, -0.25) is 4.79 Å². The number of carbonyl (C=O) groups is 1. The molecule has 0 fully saturated rings. The van der Waals surface area contributed by atoms with Crippen molar-refractivity contribution in [3.63, 3.8) is 0 Å². The van der Waals surface area contributed by atoms with E-state index in [4.69, 9.17) is 9.47 Å². The summed E-state index contributed by atoms with van der Waals surface area (Å²) in [5.41, 5.74) is 1.58. The Morgan fingerprint density at radius 3 is 2.53 bits per heavy atom. The van der Waals surface area contributed by atoms with Crippen molar-refractivity contribution in [2.45, 2.75) is 13.8 Å². The molecule has 0 bridgehead atoms. The third kappa shape index (κ3) is 2.61. The minimum atomic E-state index is 0.0307. The topological polar surface area (TPSA) is 48.4 Å². The molecular weight excluding hydrogens is 262 g/mol. The number of thiazole rings is 1. The Morgan fingerprint density at radius 1 is 1.26 bits per heavy atom. The predicted octanol–water partition coefficient (Wildman–Crippen LogP) is 3.34. The highest BCUT2D eigenvalue weighted by molar-refractivity contribution is 7.17. The number of rotatable bonds is 4. The van der Waals surface area contributed by atoms with Crippen LogP contribution in [0.4, 0.5) is 0 Å². The van der Waals surface area contributed by atoms with Crippen molar-refractivity contribution < 1.29 is 14.3 Å². The van der Waals surface area contributed by atoms with E-state index in [1.165, 1.54) is 11.3 Å². The van der Waals surface area contributed by atoms with Crippen molar-refractivity contribution in [2.75, 3.05) is 14.2 Å². The first kappa shape index (κ1) is 13.5. The van der Waals surface area contributed by atoms with Gasteiger partial charge in [-0.1, -0.05) is 0 Å². The molecule has 2 aromatic rings. The molecule has 1 heterocycles. The summed E-state index contributed by atoms with van der Waals surface area (Å²) < 4.78 is 10.5. The van der Waals surface area contributed by atoms with Gasteiger partial charge in [-0.15, -0.1) is 11.3 Å². The van der Waals surface area contributed by atoms with Gasteiger partial charge in [0, 0.05) is 6.92 Å². The molecule has 2 rings (SSSR count). The van der Waals surface area contributed by atoms with Crippen LogP contribution in [0, 0.1) is 6.92 Å². The summed E-state index contributed by atoms with van der Waals surface area (Å²) in [7, 11) is 3.22. The zero-order valence-electron chi connectivity index (χ0n) is 11.3. The van der Waals surface area contributed by atoms with Crippen LogP contribution in [0.5, 0.6) is 11.5 Å². The molecule has 0 amide bonds. The van der Waals surface area contributed by atoms with Crippen LogP contribution in [-0.4, -0.2) is 25.0 Å². The number of hydrogen-bond donors (Lipinski definition) is 0. The molecule has 0 atom stereocenters. The Kier molecular flexibility index (Phi) is 3.85. The fraction of sp³-hybridized carbons (Fsp3) is 0.286. The lowest BCUT2D eigenvalue weighted by atomic mass is 10.2. The highest BCUT2D eigenvalue weighted by atomic mass is 32.1. The van der Waals surface area contributed by atoms with E-state index >= 15 is 0 Å². The van der Waals surface area contributed by atoms with Crippen LogP contribution in [0.2, 0.25) is 0 Å². The molecular formula is C14H15NO3S. The molecule has 4 nitrogen and oxygen atoms in total. The summed E-state index contributed by atoms with van der Waals surface area (Å²) in [6.45, 7) is 3.39. The number of methoxy groups -OCH3 is 2. The van der Waals surface area contributed by atoms with Gasteiger partial charge in [0.05, 0.1) is 30.4 Å².